The van der Waals surface area contributed by atoms with Gasteiger partial charge in [0.25, 0.3) is 0 Å². The molecule has 20 heavy (non-hydrogen) atoms. The van der Waals surface area contributed by atoms with E-state index in [1.54, 1.807) is 7.11 Å². The summed E-state index contributed by atoms with van der Waals surface area (Å²) in [4.78, 5) is 11.5. The Labute approximate surface area is 121 Å². The lowest BCUT2D eigenvalue weighted by Crippen LogP contribution is -2.08. The zero-order chi connectivity index (χ0) is 14.7. The van der Waals surface area contributed by atoms with Crippen LogP contribution >= 0.6 is 0 Å². The van der Waals surface area contributed by atoms with Crippen LogP contribution in [0.5, 0.6) is 5.75 Å². The second-order valence-corrected chi connectivity index (χ2v) is 5.66. The molecule has 1 aliphatic carbocycles. The van der Waals surface area contributed by atoms with Gasteiger partial charge in [0.05, 0.1) is 20.1 Å². The highest BCUT2D eigenvalue weighted by molar-refractivity contribution is 5.75. The van der Waals surface area contributed by atoms with Crippen molar-refractivity contribution in [3.63, 3.8) is 0 Å². The number of hydrogen-bond acceptors (Lipinski definition) is 3. The van der Waals surface area contributed by atoms with Crippen LogP contribution < -0.4 is 4.74 Å². The largest absolute Gasteiger partial charge is 0.496 e. The second-order valence-electron chi connectivity index (χ2n) is 5.66. The zero-order valence-electron chi connectivity index (χ0n) is 12.8. The number of methoxy groups -OCH3 is 2. The number of rotatable bonds is 6. The highest BCUT2D eigenvalue weighted by Gasteiger charge is 2.44. The summed E-state index contributed by atoms with van der Waals surface area (Å²) in [6.45, 7) is 4.33. The van der Waals surface area contributed by atoms with Crippen LogP contribution in [0, 0.1) is 18.8 Å². The first-order valence-corrected chi connectivity index (χ1v) is 7.33. The Bertz CT molecular complexity index is 481. The quantitative estimate of drug-likeness (QED) is 0.743. The lowest BCUT2D eigenvalue weighted by molar-refractivity contribution is -0.142. The first kappa shape index (κ1) is 14.9. The van der Waals surface area contributed by atoms with E-state index in [0.29, 0.717) is 11.8 Å². The van der Waals surface area contributed by atoms with Gasteiger partial charge in [-0.05, 0) is 49.7 Å². The molecule has 0 bridgehead atoms. The molecule has 1 aromatic rings. The molecule has 1 saturated carbocycles. The van der Waals surface area contributed by atoms with Gasteiger partial charge in [-0.25, -0.2) is 0 Å². The molecule has 0 spiro atoms. The van der Waals surface area contributed by atoms with Crippen molar-refractivity contribution in [3.05, 3.63) is 29.3 Å². The van der Waals surface area contributed by atoms with E-state index in [-0.39, 0.29) is 11.9 Å². The second kappa shape index (κ2) is 6.29. The van der Waals surface area contributed by atoms with Gasteiger partial charge in [0.2, 0.25) is 0 Å². The summed E-state index contributed by atoms with van der Waals surface area (Å²) >= 11 is 0. The molecule has 1 aromatic carbocycles. The molecule has 1 aliphatic rings. The molecule has 3 atom stereocenters. The molecule has 2 rings (SSSR count). The Hall–Kier alpha value is -1.51. The molecule has 0 heterocycles. The van der Waals surface area contributed by atoms with Crippen LogP contribution in [0.4, 0.5) is 0 Å². The summed E-state index contributed by atoms with van der Waals surface area (Å²) in [6.07, 6.45) is 3.07. The van der Waals surface area contributed by atoms with E-state index in [0.717, 1.165) is 25.0 Å². The van der Waals surface area contributed by atoms with Crippen molar-refractivity contribution in [2.45, 2.75) is 39.0 Å². The first-order valence-electron chi connectivity index (χ1n) is 7.33. The zero-order valence-corrected chi connectivity index (χ0v) is 12.8. The summed E-state index contributed by atoms with van der Waals surface area (Å²) in [7, 11) is 3.19. The van der Waals surface area contributed by atoms with Crippen LogP contribution in [-0.4, -0.2) is 20.2 Å². The SMILES string of the molecule is CCC(CC1CC1C(=O)OC)c1c(C)cccc1OC. The van der Waals surface area contributed by atoms with E-state index in [1.807, 2.05) is 12.1 Å². The van der Waals surface area contributed by atoms with Gasteiger partial charge < -0.3 is 9.47 Å². The van der Waals surface area contributed by atoms with E-state index < -0.39 is 0 Å². The normalized spacial score (nSPS) is 22.2. The highest BCUT2D eigenvalue weighted by atomic mass is 16.5. The molecule has 110 valence electrons. The number of aryl methyl sites for hydroxylation is 1. The third-order valence-electron chi connectivity index (χ3n) is 4.42. The maximum absolute atomic E-state index is 11.5. The number of ether oxygens (including phenoxy) is 2. The Morgan fingerprint density at radius 1 is 1.40 bits per heavy atom. The minimum Gasteiger partial charge on any atom is -0.496 e. The van der Waals surface area contributed by atoms with E-state index in [2.05, 4.69) is 19.9 Å². The Morgan fingerprint density at radius 2 is 2.15 bits per heavy atom. The molecule has 0 aliphatic heterocycles. The van der Waals surface area contributed by atoms with Crippen molar-refractivity contribution in [2.75, 3.05) is 14.2 Å². The van der Waals surface area contributed by atoms with Gasteiger partial charge in [0.15, 0.2) is 0 Å². The maximum atomic E-state index is 11.5. The number of benzene rings is 1. The Morgan fingerprint density at radius 3 is 2.75 bits per heavy atom. The molecule has 0 N–H and O–H groups in total. The van der Waals surface area contributed by atoms with Crippen molar-refractivity contribution in [2.24, 2.45) is 11.8 Å². The fourth-order valence-corrected chi connectivity index (χ4v) is 3.16. The molecule has 0 radical (unpaired) electrons. The van der Waals surface area contributed by atoms with Gasteiger partial charge in [-0.15, -0.1) is 0 Å². The molecule has 3 nitrogen and oxygen atoms in total. The van der Waals surface area contributed by atoms with Crippen molar-refractivity contribution in [1.29, 1.82) is 0 Å². The monoisotopic (exact) mass is 276 g/mol. The molecular weight excluding hydrogens is 252 g/mol. The molecule has 0 saturated heterocycles. The molecule has 3 unspecified atom stereocenters. The van der Waals surface area contributed by atoms with E-state index in [1.165, 1.54) is 18.2 Å². The van der Waals surface area contributed by atoms with Gasteiger partial charge in [-0.1, -0.05) is 19.1 Å². The fourth-order valence-electron chi connectivity index (χ4n) is 3.16. The van der Waals surface area contributed by atoms with Crippen molar-refractivity contribution < 1.29 is 14.3 Å². The van der Waals surface area contributed by atoms with E-state index >= 15 is 0 Å². The van der Waals surface area contributed by atoms with Crippen LogP contribution in [0.1, 0.15) is 43.2 Å². The van der Waals surface area contributed by atoms with Crippen LogP contribution in [0.3, 0.4) is 0 Å². The number of carbonyl (C=O) groups excluding carboxylic acids is 1. The van der Waals surface area contributed by atoms with Crippen LogP contribution in [-0.2, 0) is 9.53 Å². The standard InChI is InChI=1S/C17H24O3/c1-5-12(9-13-10-14(13)17(18)20-4)16-11(2)7-6-8-15(16)19-3/h6-8,12-14H,5,9-10H2,1-4H3. The number of esters is 1. The summed E-state index contributed by atoms with van der Waals surface area (Å²) in [5, 5.41) is 0. The van der Waals surface area contributed by atoms with Gasteiger partial charge in [-0.2, -0.15) is 0 Å². The van der Waals surface area contributed by atoms with Gasteiger partial charge in [0.1, 0.15) is 5.75 Å². The first-order chi connectivity index (χ1) is 9.62. The third-order valence-corrected chi connectivity index (χ3v) is 4.42. The highest BCUT2D eigenvalue weighted by Crippen LogP contribution is 2.48. The average Bonchev–Trinajstić information content (AvgIpc) is 3.23. The number of carbonyl (C=O) groups is 1. The molecule has 1 fully saturated rings. The van der Waals surface area contributed by atoms with Gasteiger partial charge in [-0.3, -0.25) is 4.79 Å². The third kappa shape index (κ3) is 2.97. The lowest BCUT2D eigenvalue weighted by atomic mass is 9.87. The van der Waals surface area contributed by atoms with Gasteiger partial charge >= 0.3 is 5.97 Å². The minimum atomic E-state index is -0.0541. The average molecular weight is 276 g/mol. The lowest BCUT2D eigenvalue weighted by Gasteiger charge is -2.20. The summed E-state index contributed by atoms with van der Waals surface area (Å²) in [5.74, 6) is 1.94. The van der Waals surface area contributed by atoms with E-state index in [9.17, 15) is 4.79 Å². The predicted octanol–water partition coefficient (Wildman–Crippen LogP) is 3.70. The fraction of sp³-hybridized carbons (Fsp3) is 0.588. The Kier molecular flexibility index (Phi) is 4.69. The minimum absolute atomic E-state index is 0.0541. The molecule has 3 heteroatoms. The summed E-state index contributed by atoms with van der Waals surface area (Å²) in [5.41, 5.74) is 2.57. The van der Waals surface area contributed by atoms with Crippen LogP contribution in [0.25, 0.3) is 0 Å². The van der Waals surface area contributed by atoms with Crippen molar-refractivity contribution in [1.82, 2.24) is 0 Å². The van der Waals surface area contributed by atoms with Crippen LogP contribution in [0.15, 0.2) is 18.2 Å². The van der Waals surface area contributed by atoms with Crippen molar-refractivity contribution >= 4 is 5.97 Å². The summed E-state index contributed by atoms with van der Waals surface area (Å²) in [6, 6.07) is 6.18. The molecular formula is C17H24O3. The van der Waals surface area contributed by atoms with Gasteiger partial charge in [0, 0.05) is 5.56 Å². The predicted molar refractivity (Wildman–Crippen MR) is 79.0 cm³/mol. The van der Waals surface area contributed by atoms with Crippen molar-refractivity contribution in [3.8, 4) is 5.75 Å². The maximum Gasteiger partial charge on any atom is 0.308 e. The molecule has 0 amide bonds. The van der Waals surface area contributed by atoms with Crippen LogP contribution in [0.2, 0.25) is 0 Å². The van der Waals surface area contributed by atoms with E-state index in [4.69, 9.17) is 9.47 Å². The molecule has 0 aromatic heterocycles. The topological polar surface area (TPSA) is 35.5 Å². The summed E-state index contributed by atoms with van der Waals surface area (Å²) < 4.78 is 10.3. The number of hydrogen-bond donors (Lipinski definition) is 0. The smallest absolute Gasteiger partial charge is 0.308 e. The Balaban J connectivity index is 2.12.